The minimum Gasteiger partial charge on any atom is -0.379 e. The number of fused-ring (bicyclic) bond motifs is 1. The average molecular weight is 404 g/mol. The van der Waals surface area contributed by atoms with E-state index in [0.717, 1.165) is 35.2 Å². The van der Waals surface area contributed by atoms with Gasteiger partial charge in [0.1, 0.15) is 6.07 Å². The summed E-state index contributed by atoms with van der Waals surface area (Å²) in [6, 6.07) is 18.4. The molecule has 0 bridgehead atoms. The molecule has 2 aromatic carbocycles. The number of ether oxygens (including phenoxy) is 1. The number of nitrogen functional groups attached to an aromatic ring is 2. The minimum atomic E-state index is 0.153. The number of nitriles is 1. The molecule has 2 unspecified atom stereocenters. The van der Waals surface area contributed by atoms with Crippen LogP contribution in [0, 0.1) is 11.3 Å². The molecule has 4 rings (SSSR count). The largest absolute Gasteiger partial charge is 0.379 e. The lowest BCUT2D eigenvalue weighted by molar-refractivity contribution is -0.596. The van der Waals surface area contributed by atoms with E-state index in [4.69, 9.17) is 16.3 Å². The number of rotatable bonds is 4. The summed E-state index contributed by atoms with van der Waals surface area (Å²) < 4.78 is 7.26. The Morgan fingerprint density at radius 1 is 1.17 bits per heavy atom. The maximum Gasteiger partial charge on any atom is 0.316 e. The first kappa shape index (κ1) is 19.8. The van der Waals surface area contributed by atoms with Gasteiger partial charge in [-0.05, 0) is 37.6 Å². The smallest absolute Gasteiger partial charge is 0.316 e. The summed E-state index contributed by atoms with van der Waals surface area (Å²) in [6.45, 7) is 6.36. The number of pyridine rings is 1. The molecule has 2 atom stereocenters. The predicted molar refractivity (Wildman–Crippen MR) is 119 cm³/mol. The maximum atomic E-state index is 9.80. The molecule has 1 fully saturated rings. The Morgan fingerprint density at radius 2 is 1.87 bits per heavy atom. The molecule has 7 heteroatoms. The fraction of sp³-hybridized carbons (Fsp3) is 0.304. The molecule has 0 saturated carbocycles. The Hall–Kier alpha value is -3.50. The zero-order chi connectivity index (χ0) is 21.3. The number of nitrogens with one attached hydrogen (secondary N) is 1. The van der Waals surface area contributed by atoms with Crippen molar-refractivity contribution in [3.05, 3.63) is 59.7 Å². The Labute approximate surface area is 176 Å². The Balaban J connectivity index is 1.80. The number of hydrogen-bond acceptors (Lipinski definition) is 6. The van der Waals surface area contributed by atoms with E-state index in [-0.39, 0.29) is 18.0 Å². The Bertz CT molecular complexity index is 1100. The van der Waals surface area contributed by atoms with Crippen molar-refractivity contribution in [2.75, 3.05) is 34.9 Å². The third kappa shape index (κ3) is 3.70. The molecule has 1 aliphatic heterocycles. The highest BCUT2D eigenvalue weighted by Gasteiger charge is 2.25. The van der Waals surface area contributed by atoms with E-state index in [2.05, 4.69) is 36.2 Å². The normalized spacial score (nSPS) is 18.9. The summed E-state index contributed by atoms with van der Waals surface area (Å²) in [6.07, 6.45) is 0.307. The summed E-state index contributed by atoms with van der Waals surface area (Å²) >= 11 is 0. The zero-order valence-corrected chi connectivity index (χ0v) is 17.3. The molecule has 7 nitrogen and oxygen atoms in total. The van der Waals surface area contributed by atoms with Gasteiger partial charge in [-0.1, -0.05) is 30.3 Å². The van der Waals surface area contributed by atoms with Crippen molar-refractivity contribution in [1.29, 1.82) is 5.26 Å². The molecule has 1 aromatic heterocycles. The van der Waals surface area contributed by atoms with Crippen LogP contribution in [-0.4, -0.2) is 25.3 Å². The SMILES string of the molecule is CC1CN(c2ccc3c(c2)c(NCc2ccccc2)c(C#N)c(N)[n+]3N)CC(C)O1. The minimum absolute atomic E-state index is 0.153. The summed E-state index contributed by atoms with van der Waals surface area (Å²) in [4.78, 5) is 2.31. The van der Waals surface area contributed by atoms with Crippen LogP contribution in [0.3, 0.4) is 0 Å². The molecule has 0 aliphatic carbocycles. The maximum absolute atomic E-state index is 9.80. The van der Waals surface area contributed by atoms with Gasteiger partial charge in [0.2, 0.25) is 0 Å². The topological polar surface area (TPSA) is 104 Å². The lowest BCUT2D eigenvalue weighted by Gasteiger charge is -2.37. The number of anilines is 3. The van der Waals surface area contributed by atoms with Gasteiger partial charge in [-0.15, -0.1) is 4.68 Å². The van der Waals surface area contributed by atoms with Crippen molar-refractivity contribution in [3.63, 3.8) is 0 Å². The molecule has 1 saturated heterocycles. The van der Waals surface area contributed by atoms with E-state index in [1.165, 1.54) is 4.68 Å². The second-order valence-electron chi connectivity index (χ2n) is 7.82. The van der Waals surface area contributed by atoms with E-state index in [1.807, 2.05) is 42.5 Å². The highest BCUT2D eigenvalue weighted by atomic mass is 16.5. The standard InChI is InChI=1S/C23H26N6O/c1-15-13-28(14-16(2)30-15)18-8-9-21-19(10-18)22(20(11-24)23(25)29(21)26)27-12-17-6-4-3-5-7-17/h3-10,15-16H,12-14,26H2,1-2H3,(H2,25,27)/p+1. The number of hydrogen-bond donors (Lipinski definition) is 3. The number of nitrogens with zero attached hydrogens (tertiary/aromatic N) is 3. The summed E-state index contributed by atoms with van der Waals surface area (Å²) in [7, 11) is 0. The van der Waals surface area contributed by atoms with Crippen LogP contribution >= 0.6 is 0 Å². The van der Waals surface area contributed by atoms with Gasteiger partial charge >= 0.3 is 5.82 Å². The average Bonchev–Trinajstić information content (AvgIpc) is 2.75. The number of morpholine rings is 1. The molecular formula is C23H27N6O+. The predicted octanol–water partition coefficient (Wildman–Crippen LogP) is 2.52. The highest BCUT2D eigenvalue weighted by Crippen LogP contribution is 2.32. The summed E-state index contributed by atoms with van der Waals surface area (Å²) in [5.41, 5.74) is 10.2. The summed E-state index contributed by atoms with van der Waals surface area (Å²) in [5, 5.41) is 14.1. The molecule has 154 valence electrons. The van der Waals surface area contributed by atoms with Crippen LogP contribution in [0.25, 0.3) is 10.9 Å². The molecule has 0 amide bonds. The van der Waals surface area contributed by atoms with Crippen LogP contribution < -0.4 is 26.5 Å². The van der Waals surface area contributed by atoms with E-state index in [1.54, 1.807) is 0 Å². The number of benzene rings is 2. The number of nitrogens with two attached hydrogens (primary N) is 2. The molecule has 0 radical (unpaired) electrons. The van der Waals surface area contributed by atoms with Gasteiger partial charge in [0.15, 0.2) is 11.1 Å². The van der Waals surface area contributed by atoms with E-state index < -0.39 is 0 Å². The highest BCUT2D eigenvalue weighted by molar-refractivity contribution is 5.96. The van der Waals surface area contributed by atoms with Gasteiger partial charge in [0, 0.05) is 25.3 Å². The van der Waals surface area contributed by atoms with E-state index in [0.29, 0.717) is 17.8 Å². The van der Waals surface area contributed by atoms with Crippen LogP contribution in [0.15, 0.2) is 48.5 Å². The number of aromatic nitrogens is 1. The lowest BCUT2D eigenvalue weighted by atomic mass is 10.1. The van der Waals surface area contributed by atoms with Gasteiger partial charge in [0.05, 0.1) is 23.3 Å². The second-order valence-corrected chi connectivity index (χ2v) is 7.82. The van der Waals surface area contributed by atoms with E-state index >= 15 is 0 Å². The first-order valence-corrected chi connectivity index (χ1v) is 10.1. The fourth-order valence-electron chi connectivity index (χ4n) is 4.12. The Morgan fingerprint density at radius 3 is 2.53 bits per heavy atom. The van der Waals surface area contributed by atoms with Gasteiger partial charge < -0.3 is 15.0 Å². The van der Waals surface area contributed by atoms with Crippen molar-refractivity contribution in [3.8, 4) is 6.07 Å². The zero-order valence-electron chi connectivity index (χ0n) is 17.3. The molecule has 2 heterocycles. The third-order valence-electron chi connectivity index (χ3n) is 5.48. The van der Waals surface area contributed by atoms with Crippen molar-refractivity contribution in [2.45, 2.75) is 32.6 Å². The second kappa shape index (κ2) is 8.09. The Kier molecular flexibility index (Phi) is 5.34. The molecule has 0 spiro atoms. The van der Waals surface area contributed by atoms with Crippen molar-refractivity contribution >= 4 is 28.1 Å². The van der Waals surface area contributed by atoms with Gasteiger partial charge in [-0.25, -0.2) is 0 Å². The molecule has 3 aromatic rings. The van der Waals surface area contributed by atoms with Crippen LogP contribution in [-0.2, 0) is 11.3 Å². The van der Waals surface area contributed by atoms with Gasteiger partial charge in [-0.2, -0.15) is 5.26 Å². The van der Waals surface area contributed by atoms with Gasteiger partial charge in [-0.3, -0.25) is 11.6 Å². The van der Waals surface area contributed by atoms with Crippen LogP contribution in [0.5, 0.6) is 0 Å². The van der Waals surface area contributed by atoms with Crippen LogP contribution in [0.4, 0.5) is 17.2 Å². The van der Waals surface area contributed by atoms with Crippen LogP contribution in [0.2, 0.25) is 0 Å². The monoisotopic (exact) mass is 403 g/mol. The van der Waals surface area contributed by atoms with Crippen molar-refractivity contribution in [2.24, 2.45) is 0 Å². The fourth-order valence-corrected chi connectivity index (χ4v) is 4.12. The summed E-state index contributed by atoms with van der Waals surface area (Å²) in [5.74, 6) is 6.46. The molecular weight excluding hydrogens is 376 g/mol. The first-order chi connectivity index (χ1) is 14.5. The third-order valence-corrected chi connectivity index (χ3v) is 5.48. The van der Waals surface area contributed by atoms with Crippen LogP contribution in [0.1, 0.15) is 25.0 Å². The van der Waals surface area contributed by atoms with Crippen molar-refractivity contribution in [1.82, 2.24) is 0 Å². The lowest BCUT2D eigenvalue weighted by Crippen LogP contribution is -2.48. The van der Waals surface area contributed by atoms with Crippen molar-refractivity contribution < 1.29 is 9.41 Å². The van der Waals surface area contributed by atoms with E-state index in [9.17, 15) is 5.26 Å². The first-order valence-electron chi connectivity index (χ1n) is 10.1. The quantitative estimate of drug-likeness (QED) is 0.457. The van der Waals surface area contributed by atoms with Gasteiger partial charge in [0.25, 0.3) is 0 Å². The molecule has 5 N–H and O–H groups in total. The molecule has 1 aliphatic rings. The molecule has 30 heavy (non-hydrogen) atoms.